The van der Waals surface area contributed by atoms with Gasteiger partial charge in [0.15, 0.2) is 23.3 Å². The molecule has 0 unspecified atom stereocenters. The predicted octanol–water partition coefficient (Wildman–Crippen LogP) is 12.6. The van der Waals surface area contributed by atoms with Crippen LogP contribution in [0.25, 0.3) is 90.3 Å². The molecule has 2 aromatic heterocycles. The molecule has 2 heterocycles. The number of fused-ring (bicyclic) bond motifs is 3. The van der Waals surface area contributed by atoms with Crippen molar-refractivity contribution in [2.24, 2.45) is 0 Å². The van der Waals surface area contributed by atoms with E-state index in [-0.39, 0.29) is 5.41 Å². The van der Waals surface area contributed by atoms with Crippen LogP contribution < -0.4 is 0 Å². The summed E-state index contributed by atoms with van der Waals surface area (Å²) in [6.07, 6.45) is 0. The zero-order chi connectivity index (χ0) is 38.3. The van der Waals surface area contributed by atoms with Crippen LogP contribution in [0.1, 0.15) is 25.0 Å². The lowest BCUT2D eigenvalue weighted by Crippen LogP contribution is -2.14. The van der Waals surface area contributed by atoms with E-state index in [1.165, 1.54) is 22.3 Å². The minimum atomic E-state index is -0.0634. The van der Waals surface area contributed by atoms with Gasteiger partial charge in [0.2, 0.25) is 0 Å². The van der Waals surface area contributed by atoms with Crippen LogP contribution in [0.5, 0.6) is 0 Å². The summed E-state index contributed by atoms with van der Waals surface area (Å²) in [5.74, 6) is 2.58. The lowest BCUT2D eigenvalue weighted by atomic mass is 9.82. The molecule has 0 bridgehead atoms. The molecule has 0 fully saturated rings. The van der Waals surface area contributed by atoms with Gasteiger partial charge in [0.25, 0.3) is 0 Å². The first-order valence-corrected chi connectivity index (χ1v) is 19.3. The van der Waals surface area contributed by atoms with E-state index in [1.54, 1.807) is 0 Å². The lowest BCUT2D eigenvalue weighted by Gasteiger charge is -2.21. The summed E-state index contributed by atoms with van der Waals surface area (Å²) in [4.78, 5) is 25.2. The summed E-state index contributed by atoms with van der Waals surface area (Å²) < 4.78 is 0. The highest BCUT2D eigenvalue weighted by molar-refractivity contribution is 5.85. The van der Waals surface area contributed by atoms with Crippen LogP contribution >= 0.6 is 0 Å². The van der Waals surface area contributed by atoms with Crippen LogP contribution in [0.3, 0.4) is 0 Å². The van der Waals surface area contributed by atoms with Crippen molar-refractivity contribution in [1.82, 2.24) is 24.9 Å². The Morgan fingerprint density at radius 3 is 1.26 bits per heavy atom. The number of aromatic nitrogens is 5. The third-order valence-corrected chi connectivity index (χ3v) is 10.9. The highest BCUT2D eigenvalue weighted by atomic mass is 15.0. The Morgan fingerprint density at radius 2 is 0.684 bits per heavy atom. The predicted molar refractivity (Wildman–Crippen MR) is 231 cm³/mol. The maximum Gasteiger partial charge on any atom is 0.164 e. The average molecular weight is 732 g/mol. The van der Waals surface area contributed by atoms with Crippen molar-refractivity contribution in [1.29, 1.82) is 0 Å². The van der Waals surface area contributed by atoms with E-state index in [9.17, 15) is 0 Å². The van der Waals surface area contributed by atoms with E-state index in [2.05, 4.69) is 123 Å². The number of hydrogen-bond donors (Lipinski definition) is 0. The van der Waals surface area contributed by atoms with E-state index < -0.39 is 0 Å². The van der Waals surface area contributed by atoms with Crippen LogP contribution in [-0.2, 0) is 5.41 Å². The second kappa shape index (κ2) is 14.0. The summed E-state index contributed by atoms with van der Waals surface area (Å²) in [6, 6.07) is 65.0. The Bertz CT molecular complexity index is 2860. The second-order valence-electron chi connectivity index (χ2n) is 15.0. The van der Waals surface area contributed by atoms with E-state index in [0.29, 0.717) is 23.3 Å². The van der Waals surface area contributed by atoms with Gasteiger partial charge in [-0.1, -0.05) is 178 Å². The molecule has 0 saturated heterocycles. The first-order chi connectivity index (χ1) is 28.0. The molecule has 0 saturated carbocycles. The molecule has 0 atom stereocenters. The van der Waals surface area contributed by atoms with Crippen molar-refractivity contribution in [3.05, 3.63) is 199 Å². The fourth-order valence-electron chi connectivity index (χ4n) is 7.97. The molecule has 0 amide bonds. The molecule has 5 heteroatoms. The van der Waals surface area contributed by atoms with Crippen molar-refractivity contribution in [3.8, 4) is 90.3 Å². The van der Waals surface area contributed by atoms with Crippen molar-refractivity contribution >= 4 is 0 Å². The van der Waals surface area contributed by atoms with Crippen molar-refractivity contribution in [3.63, 3.8) is 0 Å². The summed E-state index contributed by atoms with van der Waals surface area (Å²) in [5, 5.41) is 0. The number of nitrogens with zero attached hydrogens (tertiary/aromatic N) is 5. The number of rotatable bonds is 7. The number of hydrogen-bond acceptors (Lipinski definition) is 5. The summed E-state index contributed by atoms with van der Waals surface area (Å²) in [5.41, 5.74) is 14.9. The van der Waals surface area contributed by atoms with Crippen molar-refractivity contribution in [2.45, 2.75) is 19.3 Å². The minimum Gasteiger partial charge on any atom is -0.228 e. The second-order valence-corrected chi connectivity index (χ2v) is 15.0. The number of benzene rings is 7. The molecule has 270 valence electrons. The Hall–Kier alpha value is -7.37. The van der Waals surface area contributed by atoms with E-state index in [0.717, 1.165) is 55.9 Å². The van der Waals surface area contributed by atoms with Crippen LogP contribution in [-0.4, -0.2) is 24.9 Å². The van der Waals surface area contributed by atoms with Crippen LogP contribution in [0, 0.1) is 0 Å². The van der Waals surface area contributed by atoms with E-state index >= 15 is 0 Å². The Labute approximate surface area is 332 Å². The highest BCUT2D eigenvalue weighted by Crippen LogP contribution is 2.49. The smallest absolute Gasteiger partial charge is 0.164 e. The lowest BCUT2D eigenvalue weighted by molar-refractivity contribution is 0.660. The molecule has 0 aliphatic heterocycles. The van der Waals surface area contributed by atoms with Crippen LogP contribution in [0.4, 0.5) is 0 Å². The van der Waals surface area contributed by atoms with Gasteiger partial charge >= 0.3 is 0 Å². The van der Waals surface area contributed by atoms with Gasteiger partial charge in [0.05, 0.1) is 11.4 Å². The fraction of sp³-hybridized carbons (Fsp3) is 0.0577. The molecule has 0 N–H and O–H groups in total. The Kier molecular flexibility index (Phi) is 8.41. The normalized spacial score (nSPS) is 12.5. The maximum absolute atomic E-state index is 5.17. The average Bonchev–Trinajstić information content (AvgIpc) is 3.52. The van der Waals surface area contributed by atoms with Gasteiger partial charge in [-0.25, -0.2) is 24.9 Å². The van der Waals surface area contributed by atoms with Gasteiger partial charge in [-0.3, -0.25) is 0 Å². The molecule has 7 aromatic carbocycles. The molecular formula is C52H37N5. The van der Waals surface area contributed by atoms with E-state index in [1.807, 2.05) is 78.9 Å². The van der Waals surface area contributed by atoms with Crippen LogP contribution in [0.2, 0.25) is 0 Å². The molecule has 5 nitrogen and oxygen atoms in total. The van der Waals surface area contributed by atoms with Gasteiger partial charge in [0, 0.05) is 38.8 Å². The van der Waals surface area contributed by atoms with Crippen molar-refractivity contribution < 1.29 is 0 Å². The SMILES string of the molecule is CC1(C)c2ccccc2-c2cc(-c3cc(-c4cccc(-c5cccc(-c6nc(-c7ccccc7)nc(-c7ccccc7)n6)c5)c4)nc(-c4ccccc4)n3)ccc21. The molecule has 0 radical (unpaired) electrons. The first-order valence-electron chi connectivity index (χ1n) is 19.3. The van der Waals surface area contributed by atoms with Crippen molar-refractivity contribution in [2.75, 3.05) is 0 Å². The summed E-state index contributed by atoms with van der Waals surface area (Å²) in [7, 11) is 0. The molecular weight excluding hydrogens is 695 g/mol. The molecule has 10 rings (SSSR count). The fourth-order valence-corrected chi connectivity index (χ4v) is 7.97. The topological polar surface area (TPSA) is 64.5 Å². The highest BCUT2D eigenvalue weighted by Gasteiger charge is 2.35. The van der Waals surface area contributed by atoms with Gasteiger partial charge in [-0.15, -0.1) is 0 Å². The standard InChI is InChI=1S/C52H37N5/c1-52(2)44-27-13-12-26-42(44)43-32-40(28-29-45(43)52)47-33-46(53-48(54-47)34-16-6-3-7-17-34)39-24-14-22-37(30-39)38-23-15-25-41(31-38)51-56-49(35-18-8-4-9-19-35)55-50(57-51)36-20-10-5-11-21-36/h3-33H,1-2H3. The molecule has 1 aliphatic rings. The van der Waals surface area contributed by atoms with Crippen LogP contribution in [0.15, 0.2) is 188 Å². The van der Waals surface area contributed by atoms with Gasteiger partial charge < -0.3 is 0 Å². The monoisotopic (exact) mass is 731 g/mol. The Morgan fingerprint density at radius 1 is 0.281 bits per heavy atom. The maximum atomic E-state index is 5.17. The molecule has 9 aromatic rings. The zero-order valence-corrected chi connectivity index (χ0v) is 31.6. The Balaban J connectivity index is 1.06. The zero-order valence-electron chi connectivity index (χ0n) is 31.6. The first kappa shape index (κ1) is 34.1. The largest absolute Gasteiger partial charge is 0.228 e. The van der Waals surface area contributed by atoms with Gasteiger partial charge in [-0.05, 0) is 57.6 Å². The van der Waals surface area contributed by atoms with Gasteiger partial charge in [-0.2, -0.15) is 0 Å². The third-order valence-electron chi connectivity index (χ3n) is 10.9. The summed E-state index contributed by atoms with van der Waals surface area (Å²) in [6.45, 7) is 4.62. The van der Waals surface area contributed by atoms with E-state index in [4.69, 9.17) is 24.9 Å². The quantitative estimate of drug-likeness (QED) is 0.163. The minimum absolute atomic E-state index is 0.0634. The molecule has 1 aliphatic carbocycles. The van der Waals surface area contributed by atoms with Gasteiger partial charge in [0.1, 0.15) is 0 Å². The molecule has 0 spiro atoms. The third kappa shape index (κ3) is 6.39. The summed E-state index contributed by atoms with van der Waals surface area (Å²) >= 11 is 0. The molecule has 57 heavy (non-hydrogen) atoms.